The first-order valence-electron chi connectivity index (χ1n) is 8.24. The number of carbonyl (C=O) groups is 1. The third kappa shape index (κ3) is 4.52. The van der Waals surface area contributed by atoms with E-state index in [1.54, 1.807) is 6.07 Å². The molecule has 1 amide bonds. The van der Waals surface area contributed by atoms with Crippen LogP contribution in [0.1, 0.15) is 15.9 Å². The number of anilines is 1. The van der Waals surface area contributed by atoms with Crippen LogP contribution in [0.4, 0.5) is 5.69 Å². The Bertz CT molecular complexity index is 975. The number of nitrogens with zero attached hydrogens (tertiary/aromatic N) is 1. The number of hydrogen-bond acceptors (Lipinski definition) is 4. The van der Waals surface area contributed by atoms with E-state index < -0.39 is 15.9 Å². The van der Waals surface area contributed by atoms with Crippen molar-refractivity contribution in [2.45, 2.75) is 11.8 Å². The maximum Gasteiger partial charge on any atom is 0.255 e. The van der Waals surface area contributed by atoms with E-state index >= 15 is 0 Å². The van der Waals surface area contributed by atoms with Crippen molar-refractivity contribution in [2.24, 2.45) is 0 Å². The number of halogens is 2. The van der Waals surface area contributed by atoms with Crippen molar-refractivity contribution < 1.29 is 17.9 Å². The Kier molecular flexibility index (Phi) is 6.22. The fraction of sp³-hybridized carbons (Fsp3) is 0.278. The number of rotatable bonds is 4. The Balaban J connectivity index is 1.89. The summed E-state index contributed by atoms with van der Waals surface area (Å²) in [7, 11) is -3.80. The van der Waals surface area contributed by atoms with Crippen molar-refractivity contribution in [2.75, 3.05) is 31.6 Å². The maximum atomic E-state index is 12.9. The third-order valence-electron chi connectivity index (χ3n) is 4.15. The highest BCUT2D eigenvalue weighted by atomic mass is 79.9. The molecule has 1 saturated heterocycles. The second-order valence-electron chi connectivity index (χ2n) is 6.10. The molecule has 0 radical (unpaired) electrons. The summed E-state index contributed by atoms with van der Waals surface area (Å²) < 4.78 is 33.0. The van der Waals surface area contributed by atoms with E-state index in [0.717, 1.165) is 10.0 Å². The fourth-order valence-electron chi connectivity index (χ4n) is 2.68. The Hall–Kier alpha value is -1.45. The number of sulfonamides is 1. The van der Waals surface area contributed by atoms with Crippen molar-refractivity contribution in [3.05, 3.63) is 57.0 Å². The van der Waals surface area contributed by atoms with Crippen LogP contribution in [0.15, 0.2) is 45.8 Å². The molecule has 0 saturated carbocycles. The first kappa shape index (κ1) is 20.3. The van der Waals surface area contributed by atoms with Gasteiger partial charge in [0.2, 0.25) is 10.0 Å². The number of hydrogen-bond donors (Lipinski definition) is 1. The molecular formula is C18H18BrClN2O4S. The summed E-state index contributed by atoms with van der Waals surface area (Å²) >= 11 is 9.54. The van der Waals surface area contributed by atoms with E-state index in [2.05, 4.69) is 21.2 Å². The molecule has 1 heterocycles. The molecule has 1 N–H and O–H groups in total. The lowest BCUT2D eigenvalue weighted by Crippen LogP contribution is -2.40. The van der Waals surface area contributed by atoms with Crippen molar-refractivity contribution in [1.82, 2.24) is 4.31 Å². The van der Waals surface area contributed by atoms with Gasteiger partial charge in [-0.05, 0) is 58.7 Å². The largest absolute Gasteiger partial charge is 0.379 e. The first-order chi connectivity index (χ1) is 12.8. The average Bonchev–Trinajstić information content (AvgIpc) is 2.65. The molecule has 0 bridgehead atoms. The van der Waals surface area contributed by atoms with Gasteiger partial charge in [-0.25, -0.2) is 8.42 Å². The van der Waals surface area contributed by atoms with E-state index in [4.69, 9.17) is 16.3 Å². The van der Waals surface area contributed by atoms with Crippen LogP contribution >= 0.6 is 27.5 Å². The Morgan fingerprint density at radius 2 is 1.89 bits per heavy atom. The summed E-state index contributed by atoms with van der Waals surface area (Å²) in [6.45, 7) is 3.12. The molecule has 0 atom stereocenters. The topological polar surface area (TPSA) is 75.7 Å². The van der Waals surface area contributed by atoms with Crippen LogP contribution in [0.3, 0.4) is 0 Å². The van der Waals surface area contributed by atoms with Crippen molar-refractivity contribution in [3.8, 4) is 0 Å². The standard InChI is InChI=1S/C18H18BrClN2O4S/c1-12-2-5-16(14(19)10-12)21-18(23)13-3-4-15(20)17(11-13)27(24,25)22-6-8-26-9-7-22/h2-5,10-11H,6-9H2,1H3,(H,21,23). The predicted molar refractivity (Wildman–Crippen MR) is 108 cm³/mol. The van der Waals surface area contributed by atoms with Gasteiger partial charge in [-0.2, -0.15) is 4.31 Å². The average molecular weight is 474 g/mol. The molecule has 1 aliphatic rings. The number of benzene rings is 2. The zero-order valence-electron chi connectivity index (χ0n) is 14.5. The second kappa shape index (κ2) is 8.28. The molecule has 0 unspecified atom stereocenters. The Morgan fingerprint density at radius 1 is 1.19 bits per heavy atom. The van der Waals surface area contributed by atoms with Gasteiger partial charge in [-0.15, -0.1) is 0 Å². The molecule has 1 fully saturated rings. The normalized spacial score (nSPS) is 15.5. The van der Waals surface area contributed by atoms with Crippen LogP contribution in [-0.2, 0) is 14.8 Å². The number of ether oxygens (including phenoxy) is 1. The van der Waals surface area contributed by atoms with Crippen molar-refractivity contribution >= 4 is 49.1 Å². The molecule has 1 aliphatic heterocycles. The van der Waals surface area contributed by atoms with E-state index in [9.17, 15) is 13.2 Å². The minimum Gasteiger partial charge on any atom is -0.379 e. The molecule has 9 heteroatoms. The Morgan fingerprint density at radius 3 is 2.56 bits per heavy atom. The molecule has 0 aliphatic carbocycles. The van der Waals surface area contributed by atoms with Crippen molar-refractivity contribution in [3.63, 3.8) is 0 Å². The SMILES string of the molecule is Cc1ccc(NC(=O)c2ccc(Cl)c(S(=O)(=O)N3CCOCC3)c2)c(Br)c1. The number of amides is 1. The lowest BCUT2D eigenvalue weighted by Gasteiger charge is -2.26. The van der Waals surface area contributed by atoms with Gasteiger partial charge in [0.15, 0.2) is 0 Å². The van der Waals surface area contributed by atoms with Crippen LogP contribution < -0.4 is 5.32 Å². The van der Waals surface area contributed by atoms with Crippen LogP contribution in [0.2, 0.25) is 5.02 Å². The van der Waals surface area contributed by atoms with Gasteiger partial charge >= 0.3 is 0 Å². The highest BCUT2D eigenvalue weighted by Gasteiger charge is 2.29. The lowest BCUT2D eigenvalue weighted by molar-refractivity contribution is 0.0730. The summed E-state index contributed by atoms with van der Waals surface area (Å²) in [6.07, 6.45) is 0. The predicted octanol–water partition coefficient (Wildman–Crippen LogP) is 3.68. The number of carbonyl (C=O) groups excluding carboxylic acids is 1. The van der Waals surface area contributed by atoms with Gasteiger partial charge in [0, 0.05) is 23.1 Å². The smallest absolute Gasteiger partial charge is 0.255 e. The Labute approximate surface area is 171 Å². The van der Waals surface area contributed by atoms with Gasteiger partial charge in [-0.3, -0.25) is 4.79 Å². The van der Waals surface area contributed by atoms with Gasteiger partial charge in [0.25, 0.3) is 5.91 Å². The van der Waals surface area contributed by atoms with Gasteiger partial charge in [-0.1, -0.05) is 17.7 Å². The lowest BCUT2D eigenvalue weighted by atomic mass is 10.2. The zero-order valence-corrected chi connectivity index (χ0v) is 17.7. The highest BCUT2D eigenvalue weighted by Crippen LogP contribution is 2.28. The van der Waals surface area contributed by atoms with Crippen LogP contribution in [0.25, 0.3) is 0 Å². The van der Waals surface area contributed by atoms with Crippen LogP contribution in [0.5, 0.6) is 0 Å². The van der Waals surface area contributed by atoms with Crippen LogP contribution in [0, 0.1) is 6.92 Å². The maximum absolute atomic E-state index is 12.9. The molecule has 2 aromatic carbocycles. The molecule has 144 valence electrons. The van der Waals surface area contributed by atoms with Crippen molar-refractivity contribution in [1.29, 1.82) is 0 Å². The molecule has 3 rings (SSSR count). The highest BCUT2D eigenvalue weighted by molar-refractivity contribution is 9.10. The van der Waals surface area contributed by atoms with Gasteiger partial charge in [0.1, 0.15) is 4.90 Å². The summed E-state index contributed by atoms with van der Waals surface area (Å²) in [5.41, 5.74) is 1.85. The molecule has 27 heavy (non-hydrogen) atoms. The monoisotopic (exact) mass is 472 g/mol. The summed E-state index contributed by atoms with van der Waals surface area (Å²) in [6, 6.07) is 9.76. The van der Waals surface area contributed by atoms with E-state index in [0.29, 0.717) is 18.9 Å². The quantitative estimate of drug-likeness (QED) is 0.735. The molecule has 2 aromatic rings. The minimum absolute atomic E-state index is 0.0783. The molecule has 6 nitrogen and oxygen atoms in total. The third-order valence-corrected chi connectivity index (χ3v) is 7.19. The number of nitrogens with one attached hydrogen (secondary N) is 1. The second-order valence-corrected chi connectivity index (χ2v) is 9.27. The minimum atomic E-state index is -3.80. The van der Waals surface area contributed by atoms with Gasteiger partial charge < -0.3 is 10.1 Å². The number of morpholine rings is 1. The molecule has 0 aromatic heterocycles. The molecule has 0 spiro atoms. The summed E-state index contributed by atoms with van der Waals surface area (Å²) in [4.78, 5) is 12.5. The van der Waals surface area contributed by atoms with Crippen LogP contribution in [-0.4, -0.2) is 44.9 Å². The fourth-order valence-corrected chi connectivity index (χ4v) is 5.19. The zero-order chi connectivity index (χ0) is 19.6. The first-order valence-corrected chi connectivity index (χ1v) is 10.8. The molecular weight excluding hydrogens is 456 g/mol. The van der Waals surface area contributed by atoms with E-state index in [-0.39, 0.29) is 28.6 Å². The van der Waals surface area contributed by atoms with E-state index in [1.807, 2.05) is 19.1 Å². The van der Waals surface area contributed by atoms with Gasteiger partial charge in [0.05, 0.1) is 23.9 Å². The number of aryl methyl sites for hydroxylation is 1. The summed E-state index contributed by atoms with van der Waals surface area (Å²) in [5.74, 6) is -0.422. The van der Waals surface area contributed by atoms with E-state index in [1.165, 1.54) is 22.5 Å². The summed E-state index contributed by atoms with van der Waals surface area (Å²) in [5, 5.41) is 2.85.